The molecule has 0 radical (unpaired) electrons. The smallest absolute Gasteiger partial charge is 0.320 e. The lowest BCUT2D eigenvalue weighted by molar-refractivity contribution is -0.143. The van der Waals surface area contributed by atoms with Crippen molar-refractivity contribution in [1.29, 1.82) is 0 Å². The first kappa shape index (κ1) is 17.4. The molecule has 0 bridgehead atoms. The monoisotopic (exact) mass is 284 g/mol. The van der Waals surface area contributed by atoms with Crippen LogP contribution in [0.1, 0.15) is 59.3 Å². The fraction of sp³-hybridized carbons (Fsp3) is 0.938. The van der Waals surface area contributed by atoms with Gasteiger partial charge in [0.25, 0.3) is 0 Å². The van der Waals surface area contributed by atoms with Gasteiger partial charge in [-0.05, 0) is 20.3 Å². The van der Waals surface area contributed by atoms with Gasteiger partial charge >= 0.3 is 5.97 Å². The van der Waals surface area contributed by atoms with Crippen LogP contribution in [-0.4, -0.2) is 59.1 Å². The summed E-state index contributed by atoms with van der Waals surface area (Å²) in [6.45, 7) is 10.1. The Hall–Kier alpha value is -0.610. The average molecular weight is 284 g/mol. The molecule has 1 fully saturated rings. The van der Waals surface area contributed by atoms with Crippen LogP contribution in [0.25, 0.3) is 0 Å². The van der Waals surface area contributed by atoms with E-state index in [4.69, 9.17) is 5.11 Å². The molecule has 0 spiro atoms. The lowest BCUT2D eigenvalue weighted by Gasteiger charge is -2.39. The number of piperazine rings is 1. The second kappa shape index (κ2) is 9.35. The first-order valence-electron chi connectivity index (χ1n) is 8.27. The van der Waals surface area contributed by atoms with E-state index in [1.165, 1.54) is 38.5 Å². The molecule has 1 saturated heterocycles. The number of aliphatic carboxylic acids is 1. The van der Waals surface area contributed by atoms with Crippen molar-refractivity contribution in [2.24, 2.45) is 0 Å². The van der Waals surface area contributed by atoms with Crippen LogP contribution in [0.4, 0.5) is 0 Å². The van der Waals surface area contributed by atoms with Crippen LogP contribution in [-0.2, 0) is 4.79 Å². The topological polar surface area (TPSA) is 43.8 Å². The van der Waals surface area contributed by atoms with E-state index >= 15 is 0 Å². The third-order valence-electron chi connectivity index (χ3n) is 4.60. The zero-order chi connectivity index (χ0) is 15.0. The maximum Gasteiger partial charge on any atom is 0.320 e. The molecule has 1 rings (SSSR count). The van der Waals surface area contributed by atoms with Gasteiger partial charge in [-0.1, -0.05) is 39.0 Å². The maximum absolute atomic E-state index is 11.0. The SMILES string of the molecule is CCCCCCCC(C)N1CCN(C(C)C(=O)O)CC1. The van der Waals surface area contributed by atoms with Crippen molar-refractivity contribution >= 4 is 5.97 Å². The minimum Gasteiger partial charge on any atom is -0.480 e. The Balaban J connectivity index is 2.18. The van der Waals surface area contributed by atoms with Crippen molar-refractivity contribution in [2.45, 2.75) is 71.4 Å². The summed E-state index contributed by atoms with van der Waals surface area (Å²) < 4.78 is 0. The molecule has 20 heavy (non-hydrogen) atoms. The molecule has 0 aromatic heterocycles. The van der Waals surface area contributed by atoms with Crippen LogP contribution in [0.15, 0.2) is 0 Å². The van der Waals surface area contributed by atoms with Crippen LogP contribution in [0.2, 0.25) is 0 Å². The molecule has 1 aliphatic rings. The largest absolute Gasteiger partial charge is 0.480 e. The van der Waals surface area contributed by atoms with Crippen molar-refractivity contribution < 1.29 is 9.90 Å². The second-order valence-corrected chi connectivity index (χ2v) is 6.14. The molecule has 2 unspecified atom stereocenters. The van der Waals surface area contributed by atoms with Crippen molar-refractivity contribution in [3.63, 3.8) is 0 Å². The lowest BCUT2D eigenvalue weighted by Crippen LogP contribution is -2.53. The van der Waals surface area contributed by atoms with Gasteiger partial charge < -0.3 is 5.11 Å². The molecule has 0 saturated carbocycles. The highest BCUT2D eigenvalue weighted by molar-refractivity contribution is 5.72. The molecular weight excluding hydrogens is 252 g/mol. The van der Waals surface area contributed by atoms with E-state index in [0.717, 1.165) is 26.2 Å². The minimum absolute atomic E-state index is 0.346. The molecule has 0 aromatic carbocycles. The first-order chi connectivity index (χ1) is 9.56. The fourth-order valence-electron chi connectivity index (χ4n) is 2.95. The number of hydrogen-bond acceptors (Lipinski definition) is 3. The molecule has 118 valence electrons. The summed E-state index contributed by atoms with van der Waals surface area (Å²) in [5.74, 6) is -0.706. The minimum atomic E-state index is -0.706. The van der Waals surface area contributed by atoms with Gasteiger partial charge in [0.1, 0.15) is 6.04 Å². The summed E-state index contributed by atoms with van der Waals surface area (Å²) >= 11 is 0. The fourth-order valence-corrected chi connectivity index (χ4v) is 2.95. The van der Waals surface area contributed by atoms with E-state index in [1.54, 1.807) is 6.92 Å². The molecule has 0 aliphatic carbocycles. The number of hydrogen-bond donors (Lipinski definition) is 1. The van der Waals surface area contributed by atoms with Crippen LogP contribution < -0.4 is 0 Å². The molecule has 1 heterocycles. The Morgan fingerprint density at radius 2 is 1.55 bits per heavy atom. The number of carboxylic acid groups (broad SMARTS) is 1. The van der Waals surface area contributed by atoms with Gasteiger partial charge in [-0.2, -0.15) is 0 Å². The van der Waals surface area contributed by atoms with E-state index in [2.05, 4.69) is 23.6 Å². The van der Waals surface area contributed by atoms with Gasteiger partial charge in [-0.25, -0.2) is 0 Å². The Morgan fingerprint density at radius 3 is 2.10 bits per heavy atom. The van der Waals surface area contributed by atoms with Gasteiger partial charge in [0.2, 0.25) is 0 Å². The summed E-state index contributed by atoms with van der Waals surface area (Å²) in [4.78, 5) is 15.6. The van der Waals surface area contributed by atoms with Crippen LogP contribution in [0.5, 0.6) is 0 Å². The highest BCUT2D eigenvalue weighted by atomic mass is 16.4. The van der Waals surface area contributed by atoms with E-state index in [1.807, 2.05) is 0 Å². The molecule has 4 nitrogen and oxygen atoms in total. The number of unbranched alkanes of at least 4 members (excludes halogenated alkanes) is 4. The lowest BCUT2D eigenvalue weighted by atomic mass is 10.1. The molecule has 4 heteroatoms. The Bertz CT molecular complexity index is 276. The van der Waals surface area contributed by atoms with E-state index < -0.39 is 5.97 Å². The normalized spacial score (nSPS) is 20.8. The zero-order valence-electron chi connectivity index (χ0n) is 13.5. The van der Waals surface area contributed by atoms with Gasteiger partial charge in [0, 0.05) is 32.2 Å². The molecule has 0 aromatic rings. The predicted molar refractivity (Wildman–Crippen MR) is 83.1 cm³/mol. The molecule has 2 atom stereocenters. The van der Waals surface area contributed by atoms with Gasteiger partial charge in [-0.3, -0.25) is 14.6 Å². The Labute approximate surface area is 124 Å². The standard InChI is InChI=1S/C16H32N2O2/c1-4-5-6-7-8-9-14(2)17-10-12-18(13-11-17)15(3)16(19)20/h14-15H,4-13H2,1-3H3,(H,19,20). The van der Waals surface area contributed by atoms with Gasteiger partial charge in [0.15, 0.2) is 0 Å². The molecule has 1 aliphatic heterocycles. The van der Waals surface area contributed by atoms with E-state index in [9.17, 15) is 4.79 Å². The van der Waals surface area contributed by atoms with Crippen LogP contribution in [0.3, 0.4) is 0 Å². The third kappa shape index (κ3) is 5.80. The molecule has 1 N–H and O–H groups in total. The average Bonchev–Trinajstić information content (AvgIpc) is 2.46. The Morgan fingerprint density at radius 1 is 1.00 bits per heavy atom. The van der Waals surface area contributed by atoms with Crippen molar-refractivity contribution in [3.8, 4) is 0 Å². The van der Waals surface area contributed by atoms with Crippen molar-refractivity contribution in [3.05, 3.63) is 0 Å². The summed E-state index contributed by atoms with van der Waals surface area (Å²) in [7, 11) is 0. The number of carboxylic acids is 1. The van der Waals surface area contributed by atoms with Crippen LogP contribution in [0, 0.1) is 0 Å². The Kier molecular flexibility index (Phi) is 8.15. The first-order valence-corrected chi connectivity index (χ1v) is 8.27. The van der Waals surface area contributed by atoms with Crippen LogP contribution >= 0.6 is 0 Å². The molecule has 0 amide bonds. The highest BCUT2D eigenvalue weighted by Crippen LogP contribution is 2.14. The zero-order valence-corrected chi connectivity index (χ0v) is 13.5. The predicted octanol–water partition coefficient (Wildman–Crippen LogP) is 2.83. The third-order valence-corrected chi connectivity index (χ3v) is 4.60. The van der Waals surface area contributed by atoms with E-state index in [0.29, 0.717) is 6.04 Å². The van der Waals surface area contributed by atoms with Crippen molar-refractivity contribution in [1.82, 2.24) is 9.80 Å². The van der Waals surface area contributed by atoms with Crippen molar-refractivity contribution in [2.75, 3.05) is 26.2 Å². The summed E-state index contributed by atoms with van der Waals surface area (Å²) in [6.07, 6.45) is 7.99. The van der Waals surface area contributed by atoms with E-state index in [-0.39, 0.29) is 6.04 Å². The highest BCUT2D eigenvalue weighted by Gasteiger charge is 2.26. The number of rotatable bonds is 9. The van der Waals surface area contributed by atoms with Gasteiger partial charge in [0.05, 0.1) is 0 Å². The quantitative estimate of drug-likeness (QED) is 0.661. The van der Waals surface area contributed by atoms with Gasteiger partial charge in [-0.15, -0.1) is 0 Å². The summed E-state index contributed by atoms with van der Waals surface area (Å²) in [5, 5.41) is 9.04. The summed E-state index contributed by atoms with van der Waals surface area (Å²) in [6, 6.07) is 0.292. The number of carbonyl (C=O) groups is 1. The number of nitrogens with zero attached hydrogens (tertiary/aromatic N) is 2. The second-order valence-electron chi connectivity index (χ2n) is 6.14. The summed E-state index contributed by atoms with van der Waals surface area (Å²) in [5.41, 5.74) is 0. The molecular formula is C16H32N2O2. The maximum atomic E-state index is 11.0.